The highest BCUT2D eigenvalue weighted by atomic mass is 35.5. The summed E-state index contributed by atoms with van der Waals surface area (Å²) in [5, 5.41) is 17.7. The van der Waals surface area contributed by atoms with E-state index in [4.69, 9.17) is 11.6 Å². The van der Waals surface area contributed by atoms with Crippen LogP contribution in [0.3, 0.4) is 0 Å². The van der Waals surface area contributed by atoms with E-state index in [2.05, 4.69) is 10.4 Å². The maximum atomic E-state index is 13.1. The van der Waals surface area contributed by atoms with Crippen LogP contribution in [0.1, 0.15) is 16.8 Å². The van der Waals surface area contributed by atoms with Crippen molar-refractivity contribution >= 4 is 29.0 Å². The smallest absolute Gasteiger partial charge is 0.310 e. The fourth-order valence-electron chi connectivity index (χ4n) is 2.82. The molecule has 0 bridgehead atoms. The number of carbonyl (C=O) groups excluding carboxylic acids is 1. The van der Waals surface area contributed by atoms with Crippen LogP contribution in [0, 0.1) is 17.0 Å². The molecule has 3 aromatic rings. The number of nitrogens with zero attached hydrogens (tertiary/aromatic N) is 3. The van der Waals surface area contributed by atoms with E-state index in [9.17, 15) is 28.1 Å². The van der Waals surface area contributed by atoms with E-state index < -0.39 is 22.6 Å². The van der Waals surface area contributed by atoms with Gasteiger partial charge in [-0.25, -0.2) is 4.68 Å². The molecule has 0 saturated heterocycles. The molecule has 0 aliphatic rings. The van der Waals surface area contributed by atoms with Gasteiger partial charge in [0.2, 0.25) is 5.91 Å². The topological polar surface area (TPSA) is 90.1 Å². The number of hydrogen-bond donors (Lipinski definition) is 1. The summed E-state index contributed by atoms with van der Waals surface area (Å²) < 4.78 is 40.3. The molecule has 0 atom stereocenters. The van der Waals surface area contributed by atoms with Crippen molar-refractivity contribution < 1.29 is 22.9 Å². The molecule has 0 aliphatic carbocycles. The van der Waals surface area contributed by atoms with Gasteiger partial charge >= 0.3 is 6.18 Å². The second-order valence-corrected chi connectivity index (χ2v) is 6.76. The zero-order chi connectivity index (χ0) is 22.1. The number of aromatic nitrogens is 2. The van der Waals surface area contributed by atoms with Gasteiger partial charge in [-0.1, -0.05) is 29.8 Å². The minimum Gasteiger partial charge on any atom is -0.310 e. The first-order valence-electron chi connectivity index (χ1n) is 8.52. The Morgan fingerprint density at radius 2 is 1.93 bits per heavy atom. The van der Waals surface area contributed by atoms with Crippen LogP contribution in [0.5, 0.6) is 0 Å². The molecule has 30 heavy (non-hydrogen) atoms. The molecule has 7 nitrogen and oxygen atoms in total. The molecule has 0 unspecified atom stereocenters. The third kappa shape index (κ3) is 4.60. The molecule has 1 heterocycles. The van der Waals surface area contributed by atoms with Crippen molar-refractivity contribution in [3.63, 3.8) is 0 Å². The predicted molar refractivity (Wildman–Crippen MR) is 104 cm³/mol. The number of halogens is 4. The molecule has 0 radical (unpaired) electrons. The Balaban J connectivity index is 1.92. The normalized spacial score (nSPS) is 11.4. The molecule has 0 aliphatic heterocycles. The zero-order valence-electron chi connectivity index (χ0n) is 15.4. The Morgan fingerprint density at radius 1 is 1.23 bits per heavy atom. The summed E-state index contributed by atoms with van der Waals surface area (Å²) in [6.07, 6.45) is -4.89. The lowest BCUT2D eigenvalue weighted by Gasteiger charge is -2.13. The summed E-state index contributed by atoms with van der Waals surface area (Å²) in [6.45, 7) is 1.59. The molecule has 1 amide bonds. The van der Waals surface area contributed by atoms with Crippen molar-refractivity contribution in [2.75, 3.05) is 5.32 Å². The molecule has 0 spiro atoms. The Kier molecular flexibility index (Phi) is 5.79. The first-order valence-corrected chi connectivity index (χ1v) is 8.90. The lowest BCUT2D eigenvalue weighted by Crippen LogP contribution is -2.18. The maximum absolute atomic E-state index is 13.1. The number of nitro benzene ring substituents is 1. The molecule has 2 aromatic carbocycles. The first-order chi connectivity index (χ1) is 14.1. The monoisotopic (exact) mass is 438 g/mol. The van der Waals surface area contributed by atoms with Gasteiger partial charge in [0.1, 0.15) is 5.82 Å². The number of para-hydroxylation sites is 1. The number of anilines is 1. The second kappa shape index (κ2) is 8.15. The van der Waals surface area contributed by atoms with E-state index >= 15 is 0 Å². The van der Waals surface area contributed by atoms with Crippen molar-refractivity contribution in [3.8, 4) is 5.69 Å². The fourth-order valence-corrected chi connectivity index (χ4v) is 3.02. The summed E-state index contributed by atoms with van der Waals surface area (Å²) in [5.74, 6) is -0.522. The Bertz CT molecular complexity index is 1130. The summed E-state index contributed by atoms with van der Waals surface area (Å²) in [5.41, 5.74) is -0.588. The quantitative estimate of drug-likeness (QED) is 0.451. The average molecular weight is 439 g/mol. The van der Waals surface area contributed by atoms with E-state index in [1.165, 1.54) is 24.3 Å². The highest BCUT2D eigenvalue weighted by Crippen LogP contribution is 2.34. The molecule has 1 aromatic heterocycles. The van der Waals surface area contributed by atoms with Gasteiger partial charge in [-0.15, -0.1) is 0 Å². The molecule has 156 valence electrons. The van der Waals surface area contributed by atoms with Gasteiger partial charge in [0, 0.05) is 17.7 Å². The van der Waals surface area contributed by atoms with Gasteiger partial charge in [-0.05, 0) is 25.1 Å². The SMILES string of the molecule is Cc1cc(NC(=O)Cc2ccccc2[N+](=O)[O-])n(-c2cc(C(F)(F)F)ccc2Cl)n1. The van der Waals surface area contributed by atoms with E-state index in [1.54, 1.807) is 13.0 Å². The third-order valence-electron chi connectivity index (χ3n) is 4.14. The van der Waals surface area contributed by atoms with Crippen LogP contribution >= 0.6 is 11.6 Å². The van der Waals surface area contributed by atoms with Crippen molar-refractivity contribution in [2.24, 2.45) is 0 Å². The standard InChI is InChI=1S/C19H14ClF3N4O3/c1-11-8-17(24-18(28)9-12-4-2-3-5-15(12)27(29)30)26(25-11)16-10-13(19(21,22)23)6-7-14(16)20/h2-8,10H,9H2,1H3,(H,24,28). The lowest BCUT2D eigenvalue weighted by atomic mass is 10.1. The number of hydrogen-bond acceptors (Lipinski definition) is 4. The maximum Gasteiger partial charge on any atom is 0.416 e. The number of alkyl halides is 3. The van der Waals surface area contributed by atoms with Crippen LogP contribution < -0.4 is 5.32 Å². The summed E-state index contributed by atoms with van der Waals surface area (Å²) in [6, 6.07) is 9.98. The minimum absolute atomic E-state index is 0.000274. The second-order valence-electron chi connectivity index (χ2n) is 6.36. The van der Waals surface area contributed by atoms with Gasteiger partial charge in [0.05, 0.1) is 33.3 Å². The lowest BCUT2D eigenvalue weighted by molar-refractivity contribution is -0.385. The molecule has 11 heteroatoms. The highest BCUT2D eigenvalue weighted by Gasteiger charge is 2.31. The number of nitrogens with one attached hydrogen (secondary N) is 1. The van der Waals surface area contributed by atoms with E-state index in [0.717, 1.165) is 22.9 Å². The van der Waals surface area contributed by atoms with Crippen LogP contribution in [-0.4, -0.2) is 20.6 Å². The van der Waals surface area contributed by atoms with Gasteiger partial charge in [0.15, 0.2) is 0 Å². The summed E-state index contributed by atoms with van der Waals surface area (Å²) in [4.78, 5) is 23.0. The van der Waals surface area contributed by atoms with Crippen molar-refractivity contribution in [3.05, 3.63) is 80.5 Å². The molecule has 3 rings (SSSR count). The van der Waals surface area contributed by atoms with Crippen LogP contribution in [-0.2, 0) is 17.4 Å². The van der Waals surface area contributed by atoms with E-state index in [0.29, 0.717) is 5.69 Å². The molecular formula is C19H14ClF3N4O3. The Labute approximate surface area is 173 Å². The van der Waals surface area contributed by atoms with Crippen molar-refractivity contribution in [1.82, 2.24) is 9.78 Å². The number of rotatable bonds is 5. The fraction of sp³-hybridized carbons (Fsp3) is 0.158. The highest BCUT2D eigenvalue weighted by molar-refractivity contribution is 6.32. The number of amides is 1. The largest absolute Gasteiger partial charge is 0.416 e. The number of carbonyl (C=O) groups is 1. The first kappa shape index (κ1) is 21.3. The molecule has 0 fully saturated rings. The Morgan fingerprint density at radius 3 is 2.60 bits per heavy atom. The average Bonchev–Trinajstić information content (AvgIpc) is 3.01. The van der Waals surface area contributed by atoms with Gasteiger partial charge in [-0.3, -0.25) is 14.9 Å². The number of nitro groups is 1. The molecule has 1 N–H and O–H groups in total. The van der Waals surface area contributed by atoms with Crippen LogP contribution in [0.4, 0.5) is 24.7 Å². The number of benzene rings is 2. The van der Waals surface area contributed by atoms with Crippen molar-refractivity contribution in [1.29, 1.82) is 0 Å². The van der Waals surface area contributed by atoms with Crippen LogP contribution in [0.25, 0.3) is 5.69 Å². The predicted octanol–water partition coefficient (Wildman–Crippen LogP) is 4.94. The zero-order valence-corrected chi connectivity index (χ0v) is 16.2. The number of aryl methyl sites for hydroxylation is 1. The van der Waals surface area contributed by atoms with Crippen LogP contribution in [0.15, 0.2) is 48.5 Å². The minimum atomic E-state index is -4.59. The van der Waals surface area contributed by atoms with Crippen molar-refractivity contribution in [2.45, 2.75) is 19.5 Å². The van der Waals surface area contributed by atoms with Crippen LogP contribution in [0.2, 0.25) is 5.02 Å². The molecule has 0 saturated carbocycles. The van der Waals surface area contributed by atoms with Gasteiger partial charge in [-0.2, -0.15) is 18.3 Å². The van der Waals surface area contributed by atoms with E-state index in [1.807, 2.05) is 0 Å². The third-order valence-corrected chi connectivity index (χ3v) is 4.46. The van der Waals surface area contributed by atoms with E-state index in [-0.39, 0.29) is 34.2 Å². The van der Waals surface area contributed by atoms with Gasteiger partial charge in [0.25, 0.3) is 5.69 Å². The summed E-state index contributed by atoms with van der Waals surface area (Å²) >= 11 is 6.07. The molecular weight excluding hydrogens is 425 g/mol. The Hall–Kier alpha value is -3.40. The van der Waals surface area contributed by atoms with Gasteiger partial charge < -0.3 is 5.32 Å². The summed E-state index contributed by atoms with van der Waals surface area (Å²) in [7, 11) is 0.